The van der Waals surface area contributed by atoms with Gasteiger partial charge >= 0.3 is 0 Å². The molecule has 7 heterocycles. The van der Waals surface area contributed by atoms with Crippen molar-refractivity contribution >= 4 is 200 Å². The molecule has 0 radical (unpaired) electrons. The van der Waals surface area contributed by atoms with E-state index in [-0.39, 0.29) is 0 Å². The zero-order valence-electron chi connectivity index (χ0n) is 65.7. The van der Waals surface area contributed by atoms with Gasteiger partial charge in [-0.3, -0.25) is 19.9 Å². The molecule has 26 rings (SSSR count). The van der Waals surface area contributed by atoms with Crippen molar-refractivity contribution in [3.05, 3.63) is 412 Å². The average molecular weight is 1550 g/mol. The Morgan fingerprint density at radius 2 is 0.492 bits per heavy atom. The molecule has 7 aromatic heterocycles. The third kappa shape index (κ3) is 10.9. The highest BCUT2D eigenvalue weighted by Crippen LogP contribution is 2.52. The van der Waals surface area contributed by atoms with Gasteiger partial charge in [0.25, 0.3) is 0 Å². The fourth-order valence-electron chi connectivity index (χ4n) is 19.8. The Hall–Kier alpha value is -16.6. The molecular formula is C114H66N8. The molecule has 0 saturated carbocycles. The van der Waals surface area contributed by atoms with E-state index in [1.165, 1.54) is 114 Å². The van der Waals surface area contributed by atoms with Crippen LogP contribution in [0.2, 0.25) is 0 Å². The summed E-state index contributed by atoms with van der Waals surface area (Å²) >= 11 is 0. The number of hydrogen-bond donors (Lipinski definition) is 0. The summed E-state index contributed by atoms with van der Waals surface area (Å²) < 4.78 is 0. The molecule has 0 N–H and O–H groups in total. The molecule has 0 aliphatic heterocycles. The molecule has 0 fully saturated rings. The number of pyridine rings is 7. The lowest BCUT2D eigenvalue weighted by atomic mass is 9.85. The standard InChI is InChI=1S/C40H24N2.C39H23N3.C35H19N3/c1-2-12-25(13-3-1)36-28-16-6-8-18-30(28)38(31-19-9-7-17-29(31)36)40-33-22-23-35-39(27-15-5-4-14-26(27)24-41-35)37(33)32-20-10-11-21-34(32)42-40;1-2-12-26-24(10-1)23-41-34-20-19-32-36(38(26)34)31-17-7-8-18-33(31)42-39(32)37-29-15-5-3-13-27(29)35(25-11-9-21-40-22-25)28-14-4-6-16-30(28)37;1-36-34-24-11-4-2-9-22(24)33(23-10-3-5-12-25(23)34)35-28-18-16-21-17-19-29-26(14-8-20-37-29)31(21)32(28)27-13-6-7-15-30(27)38-35/h1-24H;1-23H;2-20H. The van der Waals surface area contributed by atoms with Gasteiger partial charge in [-0.25, -0.2) is 19.8 Å². The van der Waals surface area contributed by atoms with Crippen LogP contribution in [0.4, 0.5) is 5.69 Å². The summed E-state index contributed by atoms with van der Waals surface area (Å²) in [5.41, 5.74) is 17.7. The summed E-state index contributed by atoms with van der Waals surface area (Å²) in [7, 11) is 0. The molecule has 0 spiro atoms. The van der Waals surface area contributed by atoms with Crippen molar-refractivity contribution in [3.63, 3.8) is 0 Å². The van der Waals surface area contributed by atoms with Crippen LogP contribution in [-0.4, -0.2) is 34.9 Å². The van der Waals surface area contributed by atoms with Crippen LogP contribution < -0.4 is 0 Å². The molecule has 0 aliphatic rings. The van der Waals surface area contributed by atoms with E-state index in [2.05, 4.69) is 342 Å². The van der Waals surface area contributed by atoms with Crippen molar-refractivity contribution in [1.29, 1.82) is 0 Å². The topological polar surface area (TPSA) is 94.6 Å². The lowest BCUT2D eigenvalue weighted by Gasteiger charge is -2.19. The second kappa shape index (κ2) is 28.4. The molecule has 0 saturated heterocycles. The monoisotopic (exact) mass is 1550 g/mol. The van der Waals surface area contributed by atoms with Crippen LogP contribution in [0, 0.1) is 6.57 Å². The van der Waals surface area contributed by atoms with Crippen molar-refractivity contribution in [3.8, 4) is 56.0 Å². The minimum atomic E-state index is 0.688. The molecule has 8 heteroatoms. The largest absolute Gasteiger partial charge is 0.264 e. The van der Waals surface area contributed by atoms with Gasteiger partial charge in [0, 0.05) is 129 Å². The SMILES string of the molecule is [C-]#[N+]c1c2ccccc2c(-c2nc3ccccc3c3c2ccc2ccc4ncccc4c23)c2ccccc12.c1ccc(-c2c3ccccc3c(-c3nc4ccccc4c4c3ccc3ncc5ccccc5c34)c3ccccc23)cc1.c1cncc(-c2c3ccccc3c(-c3nc4ccccc4c4c3ccc3ncc5ccccc5c34)c3ccccc23)c1. The van der Waals surface area contributed by atoms with E-state index in [9.17, 15) is 0 Å². The first kappa shape index (κ1) is 69.7. The minimum Gasteiger partial charge on any atom is -0.264 e. The van der Waals surface area contributed by atoms with E-state index in [1.54, 1.807) is 0 Å². The molecule has 0 unspecified atom stereocenters. The summed E-state index contributed by atoms with van der Waals surface area (Å²) in [6, 6.07) is 130. The number of nitrogens with zero attached hydrogens (tertiary/aromatic N) is 8. The van der Waals surface area contributed by atoms with Crippen LogP contribution in [0.5, 0.6) is 0 Å². The highest BCUT2D eigenvalue weighted by atomic mass is 14.7. The van der Waals surface area contributed by atoms with Gasteiger partial charge < -0.3 is 0 Å². The van der Waals surface area contributed by atoms with Crippen LogP contribution >= 0.6 is 0 Å². The molecule has 19 aromatic carbocycles. The molecular weight excluding hydrogens is 1480 g/mol. The molecule has 26 aromatic rings. The average Bonchev–Trinajstić information content (AvgIpc) is 0.719. The zero-order chi connectivity index (χ0) is 80.5. The summed E-state index contributed by atoms with van der Waals surface area (Å²) in [5, 5.41) is 34.5. The Balaban J connectivity index is 0.000000104. The van der Waals surface area contributed by atoms with E-state index in [0.29, 0.717) is 5.69 Å². The van der Waals surface area contributed by atoms with Gasteiger partial charge in [-0.1, -0.05) is 309 Å². The van der Waals surface area contributed by atoms with Gasteiger partial charge in [-0.2, -0.15) is 0 Å². The summed E-state index contributed by atoms with van der Waals surface area (Å²) in [6.45, 7) is 7.99. The summed E-state index contributed by atoms with van der Waals surface area (Å²) in [5.74, 6) is 0. The van der Waals surface area contributed by atoms with E-state index in [4.69, 9.17) is 31.5 Å². The fourth-order valence-corrected chi connectivity index (χ4v) is 19.8. The third-order valence-electron chi connectivity index (χ3n) is 24.9. The van der Waals surface area contributed by atoms with Gasteiger partial charge in [-0.15, -0.1) is 0 Å². The number of benzene rings is 19. The predicted molar refractivity (Wildman–Crippen MR) is 512 cm³/mol. The molecule has 562 valence electrons. The molecule has 0 atom stereocenters. The van der Waals surface area contributed by atoms with E-state index >= 15 is 0 Å². The van der Waals surface area contributed by atoms with Gasteiger partial charge in [0.2, 0.25) is 5.69 Å². The quantitative estimate of drug-likeness (QED) is 0.0962. The highest BCUT2D eigenvalue weighted by molar-refractivity contribution is 6.35. The van der Waals surface area contributed by atoms with Crippen LogP contribution in [0.15, 0.2) is 401 Å². The van der Waals surface area contributed by atoms with Crippen LogP contribution in [0.1, 0.15) is 0 Å². The van der Waals surface area contributed by atoms with Crippen LogP contribution in [0.3, 0.4) is 0 Å². The molecule has 0 amide bonds. The molecule has 0 aliphatic carbocycles. The summed E-state index contributed by atoms with van der Waals surface area (Å²) in [6.07, 6.45) is 9.60. The lowest BCUT2D eigenvalue weighted by molar-refractivity contribution is 1.33. The fraction of sp³-hybridized carbons (Fsp3) is 0. The maximum absolute atomic E-state index is 7.99. The number of rotatable bonds is 5. The lowest BCUT2D eigenvalue weighted by Crippen LogP contribution is -1.96. The van der Waals surface area contributed by atoms with Crippen molar-refractivity contribution in [1.82, 2.24) is 34.9 Å². The maximum Gasteiger partial charge on any atom is 0.202 e. The Morgan fingerprint density at radius 3 is 0.918 bits per heavy atom. The van der Waals surface area contributed by atoms with Crippen molar-refractivity contribution in [2.24, 2.45) is 0 Å². The third-order valence-corrected chi connectivity index (χ3v) is 24.9. The first-order chi connectivity index (χ1) is 60.6. The molecule has 0 bridgehead atoms. The van der Waals surface area contributed by atoms with Gasteiger partial charge in [0.15, 0.2) is 0 Å². The molecule has 8 nitrogen and oxygen atoms in total. The van der Waals surface area contributed by atoms with Gasteiger partial charge in [0.1, 0.15) is 0 Å². The van der Waals surface area contributed by atoms with Crippen LogP contribution in [-0.2, 0) is 0 Å². The van der Waals surface area contributed by atoms with E-state index in [0.717, 1.165) is 137 Å². The van der Waals surface area contributed by atoms with E-state index in [1.807, 2.05) is 73.4 Å². The first-order valence-corrected chi connectivity index (χ1v) is 41.2. The second-order valence-corrected chi connectivity index (χ2v) is 31.3. The zero-order valence-corrected chi connectivity index (χ0v) is 65.7. The van der Waals surface area contributed by atoms with Crippen LogP contribution in [0.25, 0.3) is 256 Å². The predicted octanol–water partition coefficient (Wildman–Crippen LogP) is 30.5. The van der Waals surface area contributed by atoms with Gasteiger partial charge in [0.05, 0.1) is 56.8 Å². The Bertz CT molecular complexity index is 8470. The smallest absolute Gasteiger partial charge is 0.202 e. The number of fused-ring (bicyclic) bond motifs is 27. The van der Waals surface area contributed by atoms with Gasteiger partial charge in [-0.05, 0) is 164 Å². The minimum absolute atomic E-state index is 0.688. The maximum atomic E-state index is 7.99. The van der Waals surface area contributed by atoms with E-state index < -0.39 is 0 Å². The second-order valence-electron chi connectivity index (χ2n) is 31.3. The van der Waals surface area contributed by atoms with Crippen molar-refractivity contribution in [2.45, 2.75) is 0 Å². The summed E-state index contributed by atoms with van der Waals surface area (Å²) in [4.78, 5) is 39.1. The number of para-hydroxylation sites is 3. The normalized spacial score (nSPS) is 11.8. The van der Waals surface area contributed by atoms with Crippen molar-refractivity contribution < 1.29 is 0 Å². The Labute approximate surface area is 699 Å². The number of hydrogen-bond acceptors (Lipinski definition) is 7. The Morgan fingerprint density at radius 1 is 0.180 bits per heavy atom. The molecule has 122 heavy (non-hydrogen) atoms. The Kier molecular flexibility index (Phi) is 16.2. The first-order valence-electron chi connectivity index (χ1n) is 41.2. The number of aromatic nitrogens is 7. The highest BCUT2D eigenvalue weighted by Gasteiger charge is 2.27. The van der Waals surface area contributed by atoms with Crippen molar-refractivity contribution in [2.75, 3.05) is 0 Å².